The van der Waals surface area contributed by atoms with Gasteiger partial charge in [0.15, 0.2) is 5.13 Å². The number of hydrogen-bond acceptors (Lipinski definition) is 7. The second-order valence-corrected chi connectivity index (χ2v) is 8.24. The Kier molecular flexibility index (Phi) is 6.84. The SMILES string of the molecule is O=C(/C=C/c1ccc([N+](=O)[O-])cc1)N(CCN1CCOCC1)c1nc2ccc(F)cc2s1. The minimum atomic E-state index is -0.470. The molecule has 1 aliphatic rings. The van der Waals surface area contributed by atoms with E-state index in [4.69, 9.17) is 4.74 Å². The van der Waals surface area contributed by atoms with E-state index >= 15 is 0 Å². The number of aromatic nitrogens is 1. The number of amides is 1. The van der Waals surface area contributed by atoms with E-state index < -0.39 is 4.92 Å². The van der Waals surface area contributed by atoms with Gasteiger partial charge in [-0.05, 0) is 42.0 Å². The molecule has 10 heteroatoms. The molecule has 8 nitrogen and oxygen atoms in total. The summed E-state index contributed by atoms with van der Waals surface area (Å²) in [5.74, 6) is -0.617. The molecule has 0 N–H and O–H groups in total. The number of anilines is 1. The number of ether oxygens (including phenoxy) is 1. The molecule has 0 bridgehead atoms. The van der Waals surface area contributed by atoms with Crippen molar-refractivity contribution in [2.45, 2.75) is 0 Å². The molecular formula is C22H21FN4O4S. The van der Waals surface area contributed by atoms with E-state index in [0.29, 0.717) is 47.2 Å². The van der Waals surface area contributed by atoms with Crippen LogP contribution in [-0.2, 0) is 9.53 Å². The number of thiazole rings is 1. The van der Waals surface area contributed by atoms with Crippen molar-refractivity contribution in [3.8, 4) is 0 Å². The van der Waals surface area contributed by atoms with Crippen molar-refractivity contribution in [3.05, 3.63) is 70.0 Å². The van der Waals surface area contributed by atoms with Gasteiger partial charge in [-0.2, -0.15) is 0 Å². The fourth-order valence-corrected chi connectivity index (χ4v) is 4.35. The van der Waals surface area contributed by atoms with Crippen LogP contribution in [0.5, 0.6) is 0 Å². The van der Waals surface area contributed by atoms with Crippen molar-refractivity contribution in [1.29, 1.82) is 0 Å². The average Bonchev–Trinajstić information content (AvgIpc) is 3.21. The molecule has 1 fully saturated rings. The number of fused-ring (bicyclic) bond motifs is 1. The van der Waals surface area contributed by atoms with Crippen LogP contribution in [0, 0.1) is 15.9 Å². The zero-order valence-corrected chi connectivity index (χ0v) is 18.0. The summed E-state index contributed by atoms with van der Waals surface area (Å²) in [6, 6.07) is 10.3. The normalized spacial score (nSPS) is 14.8. The van der Waals surface area contributed by atoms with E-state index in [2.05, 4.69) is 9.88 Å². The molecule has 0 spiro atoms. The first-order valence-corrected chi connectivity index (χ1v) is 10.9. The van der Waals surface area contributed by atoms with E-state index in [0.717, 1.165) is 13.1 Å². The summed E-state index contributed by atoms with van der Waals surface area (Å²) in [4.78, 5) is 31.8. The number of rotatable bonds is 7. The summed E-state index contributed by atoms with van der Waals surface area (Å²) in [5, 5.41) is 11.3. The maximum Gasteiger partial charge on any atom is 0.269 e. The van der Waals surface area contributed by atoms with Gasteiger partial charge in [0.1, 0.15) is 5.82 Å². The predicted octanol–water partition coefficient (Wildman–Crippen LogP) is 3.72. The lowest BCUT2D eigenvalue weighted by Crippen LogP contribution is -2.42. The van der Waals surface area contributed by atoms with Crippen LogP contribution in [0.3, 0.4) is 0 Å². The van der Waals surface area contributed by atoms with E-state index in [1.54, 1.807) is 29.2 Å². The summed E-state index contributed by atoms with van der Waals surface area (Å²) in [6.45, 7) is 4.00. The number of nitrogens with zero attached hydrogens (tertiary/aromatic N) is 4. The van der Waals surface area contributed by atoms with E-state index in [-0.39, 0.29) is 17.4 Å². The number of hydrogen-bond donors (Lipinski definition) is 0. The number of halogens is 1. The third-order valence-corrected chi connectivity index (χ3v) is 6.14. The molecule has 2 aromatic carbocycles. The first-order valence-electron chi connectivity index (χ1n) is 10.1. The zero-order chi connectivity index (χ0) is 22.5. The van der Waals surface area contributed by atoms with Gasteiger partial charge in [0.2, 0.25) is 0 Å². The highest BCUT2D eigenvalue weighted by Gasteiger charge is 2.20. The van der Waals surface area contributed by atoms with Crippen LogP contribution >= 0.6 is 11.3 Å². The second-order valence-electron chi connectivity index (χ2n) is 7.23. The van der Waals surface area contributed by atoms with Crippen LogP contribution in [0.4, 0.5) is 15.2 Å². The minimum Gasteiger partial charge on any atom is -0.379 e. The molecule has 1 amide bonds. The molecule has 3 aromatic rings. The quantitative estimate of drug-likeness (QED) is 0.306. The van der Waals surface area contributed by atoms with E-state index in [1.807, 2.05) is 0 Å². The van der Waals surface area contributed by atoms with Crippen molar-refractivity contribution in [3.63, 3.8) is 0 Å². The van der Waals surface area contributed by atoms with Gasteiger partial charge in [0.25, 0.3) is 11.6 Å². The van der Waals surface area contributed by atoms with Gasteiger partial charge in [0.05, 0.1) is 28.4 Å². The summed E-state index contributed by atoms with van der Waals surface area (Å²) >= 11 is 1.26. The lowest BCUT2D eigenvalue weighted by molar-refractivity contribution is -0.384. The minimum absolute atomic E-state index is 0.0117. The highest BCUT2D eigenvalue weighted by atomic mass is 32.1. The van der Waals surface area contributed by atoms with Crippen LogP contribution < -0.4 is 4.90 Å². The maximum atomic E-state index is 13.6. The highest BCUT2D eigenvalue weighted by molar-refractivity contribution is 7.22. The van der Waals surface area contributed by atoms with Gasteiger partial charge in [-0.1, -0.05) is 11.3 Å². The van der Waals surface area contributed by atoms with Crippen molar-refractivity contribution in [1.82, 2.24) is 9.88 Å². The third kappa shape index (κ3) is 5.34. The van der Waals surface area contributed by atoms with Crippen LogP contribution in [-0.4, -0.2) is 60.1 Å². The molecule has 1 saturated heterocycles. The van der Waals surface area contributed by atoms with Crippen LogP contribution in [0.2, 0.25) is 0 Å². The van der Waals surface area contributed by atoms with Crippen molar-refractivity contribution >= 4 is 44.4 Å². The maximum absolute atomic E-state index is 13.6. The third-order valence-electron chi connectivity index (χ3n) is 5.10. The molecular weight excluding hydrogens is 435 g/mol. The first-order chi connectivity index (χ1) is 15.5. The van der Waals surface area contributed by atoms with Crippen molar-refractivity contribution in [2.24, 2.45) is 0 Å². The highest BCUT2D eigenvalue weighted by Crippen LogP contribution is 2.29. The number of nitro groups is 1. The van der Waals surface area contributed by atoms with Crippen LogP contribution in [0.15, 0.2) is 48.5 Å². The number of carbonyl (C=O) groups is 1. The fraction of sp³-hybridized carbons (Fsp3) is 0.273. The number of benzene rings is 2. The smallest absolute Gasteiger partial charge is 0.269 e. The predicted molar refractivity (Wildman–Crippen MR) is 121 cm³/mol. The van der Waals surface area contributed by atoms with Crippen LogP contribution in [0.1, 0.15) is 5.56 Å². The Morgan fingerprint density at radius 3 is 2.72 bits per heavy atom. The Hall–Kier alpha value is -3.21. The monoisotopic (exact) mass is 456 g/mol. The number of morpholine rings is 1. The van der Waals surface area contributed by atoms with Gasteiger partial charge in [-0.15, -0.1) is 0 Å². The molecule has 4 rings (SSSR count). The standard InChI is InChI=1S/C22H21FN4O4S/c23-17-4-7-19-20(15-17)32-22(24-19)26(10-9-25-11-13-31-14-12-25)21(28)8-3-16-1-5-18(6-2-16)27(29)30/h1-8,15H,9-14H2/b8-3+. The van der Waals surface area contributed by atoms with Gasteiger partial charge >= 0.3 is 0 Å². The lowest BCUT2D eigenvalue weighted by Gasteiger charge is -2.28. The van der Waals surface area contributed by atoms with Gasteiger partial charge < -0.3 is 4.74 Å². The molecule has 1 aromatic heterocycles. The van der Waals surface area contributed by atoms with Gasteiger partial charge in [-0.25, -0.2) is 9.37 Å². The molecule has 2 heterocycles. The van der Waals surface area contributed by atoms with Crippen molar-refractivity contribution in [2.75, 3.05) is 44.3 Å². The number of non-ortho nitro benzene ring substituents is 1. The summed E-state index contributed by atoms with van der Waals surface area (Å²) in [7, 11) is 0. The van der Waals surface area contributed by atoms with Gasteiger partial charge in [-0.3, -0.25) is 24.7 Å². The lowest BCUT2D eigenvalue weighted by atomic mass is 10.2. The molecule has 0 aliphatic carbocycles. The molecule has 1 aliphatic heterocycles. The molecule has 166 valence electrons. The molecule has 0 radical (unpaired) electrons. The van der Waals surface area contributed by atoms with E-state index in [9.17, 15) is 19.3 Å². The Morgan fingerprint density at radius 2 is 2.00 bits per heavy atom. The zero-order valence-electron chi connectivity index (χ0n) is 17.1. The summed E-state index contributed by atoms with van der Waals surface area (Å²) in [5.41, 5.74) is 1.29. The van der Waals surface area contributed by atoms with Gasteiger partial charge in [0, 0.05) is 44.4 Å². The summed E-state index contributed by atoms with van der Waals surface area (Å²) in [6.07, 6.45) is 3.04. The largest absolute Gasteiger partial charge is 0.379 e. The Balaban J connectivity index is 1.55. The summed E-state index contributed by atoms with van der Waals surface area (Å²) < 4.78 is 19.7. The fourth-order valence-electron chi connectivity index (χ4n) is 3.33. The van der Waals surface area contributed by atoms with Crippen LogP contribution in [0.25, 0.3) is 16.3 Å². The Bertz CT molecular complexity index is 1140. The average molecular weight is 456 g/mol. The Morgan fingerprint density at radius 1 is 1.25 bits per heavy atom. The Labute approximate surface area is 187 Å². The topological polar surface area (TPSA) is 88.8 Å². The molecule has 0 atom stereocenters. The first kappa shape index (κ1) is 22.0. The molecule has 0 saturated carbocycles. The second kappa shape index (κ2) is 9.94. The number of carbonyl (C=O) groups excluding carboxylic acids is 1. The number of nitro benzene ring substituents is 1. The van der Waals surface area contributed by atoms with Crippen molar-refractivity contribution < 1.29 is 18.8 Å². The molecule has 32 heavy (non-hydrogen) atoms. The molecule has 0 unspecified atom stereocenters. The van der Waals surface area contributed by atoms with E-state index in [1.165, 1.54) is 41.7 Å².